The number of nitrogens with zero attached hydrogens (tertiary/aromatic N) is 2. The van der Waals surface area contributed by atoms with Gasteiger partial charge in [0, 0.05) is 18.1 Å². The van der Waals surface area contributed by atoms with Crippen molar-refractivity contribution in [2.24, 2.45) is 5.14 Å². The highest BCUT2D eigenvalue weighted by Crippen LogP contribution is 2.13. The van der Waals surface area contributed by atoms with E-state index in [4.69, 9.17) is 5.14 Å². The average molecular weight is 278 g/mol. The van der Waals surface area contributed by atoms with Crippen LogP contribution in [0.3, 0.4) is 0 Å². The fourth-order valence-electron chi connectivity index (χ4n) is 1.33. The molecule has 1 aromatic carbocycles. The Morgan fingerprint density at radius 1 is 1.11 bits per heavy atom. The zero-order chi connectivity index (χ0) is 13.9. The maximum absolute atomic E-state index is 11.7. The summed E-state index contributed by atoms with van der Waals surface area (Å²) in [5.41, 5.74) is 0.421. The van der Waals surface area contributed by atoms with Crippen LogP contribution in [0, 0.1) is 0 Å². The second-order valence-corrected chi connectivity index (χ2v) is 5.16. The molecule has 0 saturated carbocycles. The monoisotopic (exact) mass is 278 g/mol. The number of anilines is 1. The molecule has 0 atom stereocenters. The lowest BCUT2D eigenvalue weighted by atomic mass is 10.3. The number of rotatable bonds is 3. The zero-order valence-electron chi connectivity index (χ0n) is 9.65. The molecule has 2 aromatic rings. The maximum atomic E-state index is 11.7. The molecule has 2 rings (SSSR count). The lowest BCUT2D eigenvalue weighted by molar-refractivity contribution is 0.101. The predicted octanol–water partition coefficient (Wildman–Crippen LogP) is 0.376. The van der Waals surface area contributed by atoms with Crippen LogP contribution in [0.2, 0.25) is 0 Å². The van der Waals surface area contributed by atoms with Crippen LogP contribution >= 0.6 is 0 Å². The molecule has 0 aliphatic carbocycles. The lowest BCUT2D eigenvalue weighted by Crippen LogP contribution is -2.15. The van der Waals surface area contributed by atoms with Gasteiger partial charge in [0.25, 0.3) is 5.91 Å². The third kappa shape index (κ3) is 3.33. The Kier molecular flexibility index (Phi) is 3.54. The van der Waals surface area contributed by atoms with Gasteiger partial charge in [-0.05, 0) is 30.3 Å². The molecule has 1 amide bonds. The van der Waals surface area contributed by atoms with E-state index >= 15 is 0 Å². The van der Waals surface area contributed by atoms with Crippen LogP contribution in [-0.4, -0.2) is 24.3 Å². The molecule has 7 nitrogen and oxygen atoms in total. The Morgan fingerprint density at radius 2 is 1.68 bits per heavy atom. The van der Waals surface area contributed by atoms with Gasteiger partial charge in [0.1, 0.15) is 0 Å². The van der Waals surface area contributed by atoms with E-state index in [0.29, 0.717) is 5.69 Å². The van der Waals surface area contributed by atoms with Crippen molar-refractivity contribution < 1.29 is 13.2 Å². The van der Waals surface area contributed by atoms with E-state index in [-0.39, 0.29) is 10.7 Å². The standard InChI is InChI=1S/C11H10N4O3S/c12-19(17,18)9-4-2-8(3-5-9)15-11(16)10-13-6-1-7-14-10/h1-7H,(H,15,16)(H2,12,17,18). The van der Waals surface area contributed by atoms with E-state index in [9.17, 15) is 13.2 Å². The van der Waals surface area contributed by atoms with Crippen LogP contribution in [0.25, 0.3) is 0 Å². The van der Waals surface area contributed by atoms with Crippen molar-refractivity contribution in [1.29, 1.82) is 0 Å². The van der Waals surface area contributed by atoms with Crippen molar-refractivity contribution in [3.05, 3.63) is 48.5 Å². The van der Waals surface area contributed by atoms with Crippen molar-refractivity contribution in [2.75, 3.05) is 5.32 Å². The molecule has 3 N–H and O–H groups in total. The van der Waals surface area contributed by atoms with Crippen LogP contribution in [0.4, 0.5) is 5.69 Å². The number of sulfonamides is 1. The minimum atomic E-state index is -3.74. The van der Waals surface area contributed by atoms with Gasteiger partial charge < -0.3 is 5.32 Å². The van der Waals surface area contributed by atoms with E-state index in [1.54, 1.807) is 6.07 Å². The minimum absolute atomic E-state index is 0.0259. The number of hydrogen-bond donors (Lipinski definition) is 2. The van der Waals surface area contributed by atoms with Gasteiger partial charge in [-0.1, -0.05) is 0 Å². The normalized spacial score (nSPS) is 11.0. The van der Waals surface area contributed by atoms with Gasteiger partial charge in [0.2, 0.25) is 15.8 Å². The fourth-order valence-corrected chi connectivity index (χ4v) is 1.85. The van der Waals surface area contributed by atoms with Gasteiger partial charge >= 0.3 is 0 Å². The Bertz CT molecular complexity index is 684. The number of primary sulfonamides is 1. The van der Waals surface area contributed by atoms with Gasteiger partial charge in [0.15, 0.2) is 0 Å². The molecule has 1 aromatic heterocycles. The molecule has 1 heterocycles. The summed E-state index contributed by atoms with van der Waals surface area (Å²) in [6, 6.07) is 7.06. The Hall–Kier alpha value is -2.32. The third-order valence-corrected chi connectivity index (χ3v) is 3.14. The second kappa shape index (κ2) is 5.12. The molecule has 8 heteroatoms. The van der Waals surface area contributed by atoms with E-state index in [1.165, 1.54) is 36.7 Å². The zero-order valence-corrected chi connectivity index (χ0v) is 10.5. The predicted molar refractivity (Wildman–Crippen MR) is 67.8 cm³/mol. The Morgan fingerprint density at radius 3 is 2.21 bits per heavy atom. The van der Waals surface area contributed by atoms with Gasteiger partial charge in [0.05, 0.1) is 4.90 Å². The van der Waals surface area contributed by atoms with Crippen LogP contribution in [0.5, 0.6) is 0 Å². The molecule has 0 radical (unpaired) electrons. The minimum Gasteiger partial charge on any atom is -0.319 e. The summed E-state index contributed by atoms with van der Waals surface area (Å²) in [7, 11) is -3.74. The summed E-state index contributed by atoms with van der Waals surface area (Å²) >= 11 is 0. The Balaban J connectivity index is 2.15. The Labute approximate surface area is 109 Å². The summed E-state index contributed by atoms with van der Waals surface area (Å²) < 4.78 is 22.1. The fraction of sp³-hybridized carbons (Fsp3) is 0. The number of amides is 1. The quantitative estimate of drug-likeness (QED) is 0.842. The number of nitrogens with two attached hydrogens (primary N) is 1. The molecule has 0 bridgehead atoms. The first kappa shape index (κ1) is 13.1. The summed E-state index contributed by atoms with van der Waals surface area (Å²) in [6.45, 7) is 0. The van der Waals surface area contributed by atoms with Crippen molar-refractivity contribution in [2.45, 2.75) is 4.90 Å². The molecule has 0 spiro atoms. The van der Waals surface area contributed by atoms with Crippen molar-refractivity contribution >= 4 is 21.6 Å². The highest BCUT2D eigenvalue weighted by molar-refractivity contribution is 7.89. The van der Waals surface area contributed by atoms with Crippen LogP contribution in [-0.2, 0) is 10.0 Å². The highest BCUT2D eigenvalue weighted by Gasteiger charge is 2.10. The summed E-state index contributed by atoms with van der Waals surface area (Å²) in [4.78, 5) is 19.3. The topological polar surface area (TPSA) is 115 Å². The van der Waals surface area contributed by atoms with E-state index < -0.39 is 15.9 Å². The lowest BCUT2D eigenvalue weighted by Gasteiger charge is -2.04. The number of carbonyl (C=O) groups is 1. The van der Waals surface area contributed by atoms with E-state index in [1.807, 2.05) is 0 Å². The first-order valence-corrected chi connectivity index (χ1v) is 6.73. The number of carbonyl (C=O) groups excluding carboxylic acids is 1. The molecule has 98 valence electrons. The molecule has 0 fully saturated rings. The van der Waals surface area contributed by atoms with Gasteiger partial charge in [-0.3, -0.25) is 4.79 Å². The number of nitrogens with one attached hydrogen (secondary N) is 1. The number of aromatic nitrogens is 2. The first-order valence-electron chi connectivity index (χ1n) is 5.18. The summed E-state index contributed by atoms with van der Waals surface area (Å²) in [6.07, 6.45) is 2.90. The largest absolute Gasteiger partial charge is 0.319 e. The van der Waals surface area contributed by atoms with Crippen LogP contribution in [0.1, 0.15) is 10.6 Å². The smallest absolute Gasteiger partial charge is 0.293 e. The van der Waals surface area contributed by atoms with E-state index in [0.717, 1.165) is 0 Å². The van der Waals surface area contributed by atoms with E-state index in [2.05, 4.69) is 15.3 Å². The molecule has 0 saturated heterocycles. The SMILES string of the molecule is NS(=O)(=O)c1ccc(NC(=O)c2ncccn2)cc1. The second-order valence-electron chi connectivity index (χ2n) is 3.60. The third-order valence-electron chi connectivity index (χ3n) is 2.21. The highest BCUT2D eigenvalue weighted by atomic mass is 32.2. The molecular formula is C11H10N4O3S. The molecule has 0 aliphatic heterocycles. The molecule has 0 unspecified atom stereocenters. The number of hydrogen-bond acceptors (Lipinski definition) is 5. The van der Waals surface area contributed by atoms with Crippen molar-refractivity contribution in [3.63, 3.8) is 0 Å². The van der Waals surface area contributed by atoms with Gasteiger partial charge in [-0.15, -0.1) is 0 Å². The van der Waals surface area contributed by atoms with Crippen molar-refractivity contribution in [1.82, 2.24) is 9.97 Å². The van der Waals surface area contributed by atoms with Crippen LogP contribution in [0.15, 0.2) is 47.6 Å². The summed E-state index contributed by atoms with van der Waals surface area (Å²) in [5.74, 6) is -0.457. The number of benzene rings is 1. The van der Waals surface area contributed by atoms with Crippen molar-refractivity contribution in [3.8, 4) is 0 Å². The summed E-state index contributed by atoms with van der Waals surface area (Å²) in [5, 5.41) is 7.50. The van der Waals surface area contributed by atoms with Crippen LogP contribution < -0.4 is 10.5 Å². The molecule has 0 aliphatic rings. The maximum Gasteiger partial charge on any atom is 0.293 e. The first-order chi connectivity index (χ1) is 8.97. The average Bonchev–Trinajstić information content (AvgIpc) is 2.39. The molecular weight excluding hydrogens is 268 g/mol. The molecule has 19 heavy (non-hydrogen) atoms. The van der Waals surface area contributed by atoms with Gasteiger partial charge in [-0.2, -0.15) is 0 Å². The van der Waals surface area contributed by atoms with Gasteiger partial charge in [-0.25, -0.2) is 23.5 Å².